The van der Waals surface area contributed by atoms with Gasteiger partial charge in [0, 0.05) is 18.0 Å². The smallest absolute Gasteiger partial charge is 0.194 e. The van der Waals surface area contributed by atoms with Crippen LogP contribution in [0.15, 0.2) is 49.2 Å². The van der Waals surface area contributed by atoms with Crippen LogP contribution in [0.1, 0.15) is 18.0 Å². The first-order valence-corrected chi connectivity index (χ1v) is 10.4. The zero-order chi connectivity index (χ0) is 24.7. The van der Waals surface area contributed by atoms with Gasteiger partial charge in [0.2, 0.25) is 0 Å². The van der Waals surface area contributed by atoms with Gasteiger partial charge in [0.25, 0.3) is 0 Å². The molecule has 182 valence electrons. The summed E-state index contributed by atoms with van der Waals surface area (Å²) in [6.45, 7) is -0.597. The summed E-state index contributed by atoms with van der Waals surface area (Å²) in [5.41, 5.74) is 0.442. The maximum atomic E-state index is 13.7. The Morgan fingerprint density at radius 2 is 1.74 bits per heavy atom. The molecule has 4 heterocycles. The molecular weight excluding hydrogens is 471 g/mol. The number of ether oxygens (including phenoxy) is 1. The highest BCUT2D eigenvalue weighted by molar-refractivity contribution is 5.58. The van der Waals surface area contributed by atoms with Crippen LogP contribution in [-0.2, 0) is 4.74 Å². The third-order valence-corrected chi connectivity index (χ3v) is 5.72. The van der Waals surface area contributed by atoms with Crippen LogP contribution >= 0.6 is 0 Å². The molecule has 0 amide bonds. The van der Waals surface area contributed by atoms with E-state index in [0.717, 1.165) is 16.8 Å². The van der Waals surface area contributed by atoms with Gasteiger partial charge in [-0.2, -0.15) is 5.10 Å². The second-order valence-electron chi connectivity index (χ2n) is 7.82. The van der Waals surface area contributed by atoms with Crippen molar-refractivity contribution in [3.63, 3.8) is 0 Å². The first-order chi connectivity index (χ1) is 16.9. The molecule has 1 aromatic carbocycles. The lowest BCUT2D eigenvalue weighted by atomic mass is 9.92. The van der Waals surface area contributed by atoms with E-state index in [9.17, 15) is 28.5 Å². The van der Waals surface area contributed by atoms with Gasteiger partial charge in [0.15, 0.2) is 23.3 Å². The van der Waals surface area contributed by atoms with E-state index >= 15 is 0 Å². The number of aliphatic hydroxyl groups excluding tert-OH is 3. The highest BCUT2D eigenvalue weighted by Gasteiger charge is 2.48. The molecule has 4 aromatic rings. The van der Waals surface area contributed by atoms with E-state index < -0.39 is 54.5 Å². The van der Waals surface area contributed by atoms with Gasteiger partial charge in [-0.3, -0.25) is 4.98 Å². The van der Waals surface area contributed by atoms with Crippen LogP contribution in [0.25, 0.3) is 16.9 Å². The standard InChI is InChI=1S/C21H18F3N7O4/c22-12-5-10(6-13(23)16(12)24)14-7-30(29-28-14)17-18(33)15(8-32)35-20(19(17)34)21-26-9-27-31(21)11-1-3-25-4-2-11/h1-7,9,15,17-20,32-34H,8H2/t15-,17+,18+,19-,20-/m1/s1. The molecule has 0 bridgehead atoms. The van der Waals surface area contributed by atoms with Crippen molar-refractivity contribution >= 4 is 0 Å². The number of rotatable bonds is 5. The number of halogens is 3. The molecule has 14 heteroatoms. The van der Waals surface area contributed by atoms with Crippen LogP contribution in [0.3, 0.4) is 0 Å². The predicted octanol–water partition coefficient (Wildman–Crippen LogP) is 0.733. The van der Waals surface area contributed by atoms with Crippen molar-refractivity contribution in [3.05, 3.63) is 72.5 Å². The van der Waals surface area contributed by atoms with Crippen LogP contribution in [0.2, 0.25) is 0 Å². The van der Waals surface area contributed by atoms with E-state index in [4.69, 9.17) is 4.74 Å². The fourth-order valence-electron chi connectivity index (χ4n) is 4.01. The molecule has 0 aliphatic carbocycles. The highest BCUT2D eigenvalue weighted by Crippen LogP contribution is 2.38. The number of hydrogen-bond donors (Lipinski definition) is 3. The monoisotopic (exact) mass is 489 g/mol. The number of pyridine rings is 1. The summed E-state index contributed by atoms with van der Waals surface area (Å²) in [6, 6.07) is 3.62. The van der Waals surface area contributed by atoms with E-state index in [-0.39, 0.29) is 17.1 Å². The van der Waals surface area contributed by atoms with Crippen LogP contribution in [0.5, 0.6) is 0 Å². The summed E-state index contributed by atoms with van der Waals surface area (Å²) >= 11 is 0. The van der Waals surface area contributed by atoms with E-state index in [1.54, 1.807) is 24.5 Å². The quantitative estimate of drug-likeness (QED) is 0.346. The van der Waals surface area contributed by atoms with E-state index in [0.29, 0.717) is 5.69 Å². The van der Waals surface area contributed by atoms with Crippen LogP contribution in [0, 0.1) is 17.5 Å². The Balaban J connectivity index is 1.51. The van der Waals surface area contributed by atoms with Gasteiger partial charge in [-0.1, -0.05) is 5.21 Å². The minimum Gasteiger partial charge on any atom is -0.394 e. The Morgan fingerprint density at radius 3 is 2.43 bits per heavy atom. The molecule has 0 saturated carbocycles. The van der Waals surface area contributed by atoms with E-state index in [2.05, 4.69) is 25.4 Å². The van der Waals surface area contributed by atoms with E-state index in [1.807, 2.05) is 0 Å². The van der Waals surface area contributed by atoms with Crippen molar-refractivity contribution in [2.45, 2.75) is 30.5 Å². The molecule has 0 radical (unpaired) electrons. The molecule has 3 aromatic heterocycles. The summed E-state index contributed by atoms with van der Waals surface area (Å²) in [4.78, 5) is 8.14. The van der Waals surface area contributed by atoms with Crippen molar-refractivity contribution in [2.24, 2.45) is 0 Å². The first-order valence-electron chi connectivity index (χ1n) is 10.4. The van der Waals surface area contributed by atoms with Crippen LogP contribution < -0.4 is 0 Å². The minimum atomic E-state index is -1.62. The molecule has 5 atom stereocenters. The molecular formula is C21H18F3N7O4. The SMILES string of the molecule is OC[C@H]1O[C@@H](c2ncnn2-c2ccncc2)[C@H](O)[C@@H](n2cc(-c3cc(F)c(F)c(F)c3)nn2)[C@H]1O. The van der Waals surface area contributed by atoms with Crippen molar-refractivity contribution in [3.8, 4) is 16.9 Å². The molecule has 3 N–H and O–H groups in total. The van der Waals surface area contributed by atoms with Gasteiger partial charge in [-0.25, -0.2) is 27.5 Å². The van der Waals surface area contributed by atoms with Gasteiger partial charge in [-0.05, 0) is 24.3 Å². The number of aromatic nitrogens is 7. The maximum absolute atomic E-state index is 13.7. The third-order valence-electron chi connectivity index (χ3n) is 5.72. The Labute approximate surface area is 195 Å². The minimum absolute atomic E-state index is 0.0363. The van der Waals surface area contributed by atoms with Gasteiger partial charge < -0.3 is 20.1 Å². The zero-order valence-corrected chi connectivity index (χ0v) is 17.7. The fraction of sp³-hybridized carbons (Fsp3) is 0.286. The van der Waals surface area contributed by atoms with E-state index in [1.165, 1.54) is 17.2 Å². The van der Waals surface area contributed by atoms with Crippen LogP contribution in [0.4, 0.5) is 13.2 Å². The van der Waals surface area contributed by atoms with Crippen molar-refractivity contribution in [1.82, 2.24) is 34.7 Å². The third kappa shape index (κ3) is 4.05. The Morgan fingerprint density at radius 1 is 1.03 bits per heavy atom. The molecule has 0 spiro atoms. The van der Waals surface area contributed by atoms with Gasteiger partial charge >= 0.3 is 0 Å². The molecule has 35 heavy (non-hydrogen) atoms. The average molecular weight is 489 g/mol. The largest absolute Gasteiger partial charge is 0.394 e. The highest BCUT2D eigenvalue weighted by atomic mass is 19.2. The molecule has 1 aliphatic heterocycles. The molecule has 11 nitrogen and oxygen atoms in total. The summed E-state index contributed by atoms with van der Waals surface area (Å²) in [6.07, 6.45) is 0.348. The lowest BCUT2D eigenvalue weighted by Gasteiger charge is -2.41. The lowest BCUT2D eigenvalue weighted by molar-refractivity contribution is -0.210. The predicted molar refractivity (Wildman–Crippen MR) is 110 cm³/mol. The molecule has 0 unspecified atom stereocenters. The van der Waals surface area contributed by atoms with Crippen molar-refractivity contribution < 1.29 is 33.2 Å². The fourth-order valence-corrected chi connectivity index (χ4v) is 4.01. The topological polar surface area (TPSA) is 144 Å². The van der Waals surface area contributed by atoms with Gasteiger partial charge in [0.05, 0.1) is 18.5 Å². The Hall–Kier alpha value is -3.72. The first kappa shape index (κ1) is 23.0. The lowest BCUT2D eigenvalue weighted by Crippen LogP contribution is -2.53. The second-order valence-corrected chi connectivity index (χ2v) is 7.82. The molecule has 5 rings (SSSR count). The normalized spacial score (nSPS) is 24.6. The molecule has 1 aliphatic rings. The van der Waals surface area contributed by atoms with Crippen LogP contribution in [-0.4, -0.2) is 75.0 Å². The zero-order valence-electron chi connectivity index (χ0n) is 17.7. The Kier molecular flexibility index (Phi) is 6.02. The number of hydrogen-bond acceptors (Lipinski definition) is 9. The Bertz CT molecular complexity index is 1310. The van der Waals surface area contributed by atoms with Gasteiger partial charge in [-0.15, -0.1) is 5.10 Å². The number of aliphatic hydroxyl groups is 3. The number of benzene rings is 1. The summed E-state index contributed by atoms with van der Waals surface area (Å²) in [5, 5.41) is 43.7. The average Bonchev–Trinajstić information content (AvgIpc) is 3.54. The second kappa shape index (κ2) is 9.14. The molecule has 1 fully saturated rings. The summed E-state index contributed by atoms with van der Waals surface area (Å²) in [5.74, 6) is -4.25. The van der Waals surface area contributed by atoms with Crippen molar-refractivity contribution in [1.29, 1.82) is 0 Å². The summed E-state index contributed by atoms with van der Waals surface area (Å²) < 4.78 is 49.0. The maximum Gasteiger partial charge on any atom is 0.194 e. The molecule has 1 saturated heterocycles. The van der Waals surface area contributed by atoms with Crippen molar-refractivity contribution in [2.75, 3.05) is 6.61 Å². The summed E-state index contributed by atoms with van der Waals surface area (Å²) in [7, 11) is 0. The van der Waals surface area contributed by atoms with Gasteiger partial charge in [0.1, 0.15) is 42.5 Å². The number of nitrogens with zero attached hydrogens (tertiary/aromatic N) is 7.